The van der Waals surface area contributed by atoms with Crippen LogP contribution in [0.4, 0.5) is 0 Å². The fourth-order valence-corrected chi connectivity index (χ4v) is 2.94. The Hall–Kier alpha value is -2.01. The molecule has 0 N–H and O–H groups in total. The van der Waals surface area contributed by atoms with Crippen LogP contribution in [0.3, 0.4) is 0 Å². The Kier molecular flexibility index (Phi) is 3.59. The van der Waals surface area contributed by atoms with Crippen LogP contribution >= 0.6 is 15.9 Å². The number of Topliss-reactive ketones (excluding diaryl/α,β-unsaturated/α-hetero) is 1. The molecule has 4 nitrogen and oxygen atoms in total. The second-order valence-electron chi connectivity index (χ2n) is 4.95. The minimum absolute atomic E-state index is 0.0669. The molecule has 0 fully saturated rings. The van der Waals surface area contributed by atoms with Crippen LogP contribution in [0.2, 0.25) is 0 Å². The van der Waals surface area contributed by atoms with Crippen molar-refractivity contribution in [3.63, 3.8) is 0 Å². The third-order valence-corrected chi connectivity index (χ3v) is 4.57. The van der Waals surface area contributed by atoms with Crippen LogP contribution in [0.25, 0.3) is 10.9 Å². The maximum atomic E-state index is 12.7. The second kappa shape index (κ2) is 5.41. The third kappa shape index (κ3) is 2.49. The second-order valence-corrected chi connectivity index (χ2v) is 5.74. The summed E-state index contributed by atoms with van der Waals surface area (Å²) in [4.78, 5) is 16.9. The van der Waals surface area contributed by atoms with E-state index >= 15 is 0 Å². The normalized spacial score (nSPS) is 11.0. The highest BCUT2D eigenvalue weighted by Gasteiger charge is 2.17. The van der Waals surface area contributed by atoms with Gasteiger partial charge in [-0.05, 0) is 35.0 Å². The number of hydrogen-bond acceptors (Lipinski definition) is 3. The van der Waals surface area contributed by atoms with Crippen molar-refractivity contribution in [3.8, 4) is 0 Å². The average molecular weight is 344 g/mol. The molecule has 0 atom stereocenters. The predicted octanol–water partition coefficient (Wildman–Crippen LogP) is 3.46. The zero-order valence-corrected chi connectivity index (χ0v) is 13.4. The van der Waals surface area contributed by atoms with Crippen molar-refractivity contribution in [2.24, 2.45) is 7.05 Å². The monoisotopic (exact) mass is 343 g/mol. The van der Waals surface area contributed by atoms with Gasteiger partial charge in [0.2, 0.25) is 0 Å². The smallest absolute Gasteiger partial charge is 0.169 e. The van der Waals surface area contributed by atoms with Crippen LogP contribution in [0, 0.1) is 6.92 Å². The van der Waals surface area contributed by atoms with Crippen LogP contribution in [0.1, 0.15) is 21.7 Å². The molecule has 0 aliphatic rings. The summed E-state index contributed by atoms with van der Waals surface area (Å²) < 4.78 is 2.65. The van der Waals surface area contributed by atoms with E-state index in [1.807, 2.05) is 44.3 Å². The first-order chi connectivity index (χ1) is 10.1. The minimum atomic E-state index is 0.0669. The number of carbonyl (C=O) groups excluding carboxylic acids is 1. The van der Waals surface area contributed by atoms with Gasteiger partial charge in [0.05, 0.1) is 27.8 Å². The lowest BCUT2D eigenvalue weighted by atomic mass is 10.0. The Morgan fingerprint density at radius 2 is 2.10 bits per heavy atom. The number of carbonyl (C=O) groups is 1. The lowest BCUT2D eigenvalue weighted by Crippen LogP contribution is -2.09. The zero-order chi connectivity index (χ0) is 15.0. The maximum Gasteiger partial charge on any atom is 0.169 e. The Morgan fingerprint density at radius 3 is 2.81 bits per heavy atom. The largest absolute Gasteiger partial charge is 0.294 e. The van der Waals surface area contributed by atoms with Gasteiger partial charge in [0, 0.05) is 24.2 Å². The number of benzene rings is 1. The number of halogens is 1. The fourth-order valence-electron chi connectivity index (χ4n) is 2.47. The average Bonchev–Trinajstić information content (AvgIpc) is 2.73. The molecule has 2 heterocycles. The van der Waals surface area contributed by atoms with E-state index in [4.69, 9.17) is 0 Å². The zero-order valence-electron chi connectivity index (χ0n) is 11.8. The highest BCUT2D eigenvalue weighted by Crippen LogP contribution is 2.23. The van der Waals surface area contributed by atoms with Crippen LogP contribution in [-0.2, 0) is 13.5 Å². The van der Waals surface area contributed by atoms with Crippen molar-refractivity contribution < 1.29 is 4.79 Å². The summed E-state index contributed by atoms with van der Waals surface area (Å²) in [6.45, 7) is 1.92. The quantitative estimate of drug-likeness (QED) is 0.684. The van der Waals surface area contributed by atoms with Gasteiger partial charge in [-0.1, -0.05) is 18.2 Å². The van der Waals surface area contributed by atoms with Gasteiger partial charge in [-0.3, -0.25) is 14.5 Å². The van der Waals surface area contributed by atoms with E-state index in [9.17, 15) is 4.79 Å². The summed E-state index contributed by atoms with van der Waals surface area (Å²) in [7, 11) is 1.85. The van der Waals surface area contributed by atoms with Gasteiger partial charge >= 0.3 is 0 Å². The first-order valence-corrected chi connectivity index (χ1v) is 7.42. The van der Waals surface area contributed by atoms with Crippen LogP contribution in [0.5, 0.6) is 0 Å². The van der Waals surface area contributed by atoms with Crippen molar-refractivity contribution in [2.45, 2.75) is 13.3 Å². The first-order valence-electron chi connectivity index (χ1n) is 6.63. The molecule has 0 unspecified atom stereocenters. The molecule has 21 heavy (non-hydrogen) atoms. The van der Waals surface area contributed by atoms with E-state index in [2.05, 4.69) is 26.0 Å². The summed E-state index contributed by atoms with van der Waals surface area (Å²) in [5.41, 5.74) is 3.31. The van der Waals surface area contributed by atoms with E-state index in [0.29, 0.717) is 12.0 Å². The van der Waals surface area contributed by atoms with E-state index < -0.39 is 0 Å². The van der Waals surface area contributed by atoms with Crippen LogP contribution < -0.4 is 0 Å². The molecule has 2 aromatic heterocycles. The molecule has 0 radical (unpaired) electrons. The number of aromatic nitrogens is 3. The molecule has 0 saturated heterocycles. The molecule has 0 aliphatic carbocycles. The number of pyridine rings is 1. The third-order valence-electron chi connectivity index (χ3n) is 3.54. The van der Waals surface area contributed by atoms with Gasteiger partial charge in [0.25, 0.3) is 0 Å². The molecule has 1 aromatic carbocycles. The lowest BCUT2D eigenvalue weighted by molar-refractivity contribution is 0.0992. The lowest BCUT2D eigenvalue weighted by Gasteiger charge is -2.06. The fraction of sp³-hybridized carbons (Fsp3) is 0.188. The van der Waals surface area contributed by atoms with Gasteiger partial charge in [-0.2, -0.15) is 5.10 Å². The molecule has 0 saturated carbocycles. The van der Waals surface area contributed by atoms with Crippen molar-refractivity contribution in [1.82, 2.24) is 14.8 Å². The maximum absolute atomic E-state index is 12.7. The SMILES string of the molecule is Cc1nn(C)c(CC(=O)c2cccc3ncccc23)c1Br. The van der Waals surface area contributed by atoms with Gasteiger partial charge in [0.15, 0.2) is 5.78 Å². The highest BCUT2D eigenvalue weighted by molar-refractivity contribution is 9.10. The molecule has 3 rings (SSSR count). The summed E-state index contributed by atoms with van der Waals surface area (Å²) in [5, 5.41) is 5.21. The summed E-state index contributed by atoms with van der Waals surface area (Å²) in [6, 6.07) is 9.41. The molecule has 0 amide bonds. The van der Waals surface area contributed by atoms with E-state index in [-0.39, 0.29) is 5.78 Å². The first kappa shape index (κ1) is 13.9. The predicted molar refractivity (Wildman–Crippen MR) is 85.4 cm³/mol. The van der Waals surface area contributed by atoms with Gasteiger partial charge < -0.3 is 0 Å². The van der Waals surface area contributed by atoms with Crippen molar-refractivity contribution in [3.05, 3.63) is 58.0 Å². The molecular formula is C16H14BrN3O. The molecular weight excluding hydrogens is 330 g/mol. The van der Waals surface area contributed by atoms with E-state index in [1.165, 1.54) is 0 Å². The standard InChI is InChI=1S/C16H14BrN3O/c1-10-16(17)14(20(2)19-10)9-15(21)12-5-3-7-13-11(12)6-4-8-18-13/h3-8H,9H2,1-2H3. The molecule has 0 bridgehead atoms. The number of ketones is 1. The number of nitrogens with zero attached hydrogens (tertiary/aromatic N) is 3. The van der Waals surface area contributed by atoms with Crippen molar-refractivity contribution in [1.29, 1.82) is 0 Å². The van der Waals surface area contributed by atoms with E-state index in [1.54, 1.807) is 10.9 Å². The Bertz CT molecular complexity index is 833. The van der Waals surface area contributed by atoms with Crippen molar-refractivity contribution >= 4 is 32.6 Å². The molecule has 0 aliphatic heterocycles. The highest BCUT2D eigenvalue weighted by atomic mass is 79.9. The minimum Gasteiger partial charge on any atom is -0.294 e. The topological polar surface area (TPSA) is 47.8 Å². The molecule has 106 valence electrons. The van der Waals surface area contributed by atoms with E-state index in [0.717, 1.165) is 26.8 Å². The van der Waals surface area contributed by atoms with Crippen LogP contribution in [-0.4, -0.2) is 20.5 Å². The summed E-state index contributed by atoms with van der Waals surface area (Å²) >= 11 is 3.50. The molecule has 3 aromatic rings. The summed E-state index contributed by atoms with van der Waals surface area (Å²) in [6.07, 6.45) is 2.05. The van der Waals surface area contributed by atoms with Crippen molar-refractivity contribution in [2.75, 3.05) is 0 Å². The number of rotatable bonds is 3. The Morgan fingerprint density at radius 1 is 1.29 bits per heavy atom. The van der Waals surface area contributed by atoms with Gasteiger partial charge in [-0.15, -0.1) is 0 Å². The number of hydrogen-bond donors (Lipinski definition) is 0. The number of aryl methyl sites for hydroxylation is 2. The summed E-state index contributed by atoms with van der Waals surface area (Å²) in [5.74, 6) is 0.0669. The van der Waals surface area contributed by atoms with Crippen LogP contribution in [0.15, 0.2) is 41.0 Å². The van der Waals surface area contributed by atoms with Gasteiger partial charge in [0.1, 0.15) is 0 Å². The molecule has 0 spiro atoms. The van der Waals surface area contributed by atoms with Gasteiger partial charge in [-0.25, -0.2) is 0 Å². The number of fused-ring (bicyclic) bond motifs is 1. The Labute approximate surface area is 130 Å². The molecule has 5 heteroatoms. The Balaban J connectivity index is 2.02.